The van der Waals surface area contributed by atoms with Crippen molar-refractivity contribution in [1.82, 2.24) is 0 Å². The summed E-state index contributed by atoms with van der Waals surface area (Å²) < 4.78 is 13.5. The van der Waals surface area contributed by atoms with Crippen LogP contribution in [0.15, 0.2) is 42.5 Å². The molecule has 1 saturated carbocycles. The lowest BCUT2D eigenvalue weighted by atomic mass is 9.94. The molecule has 2 aromatic rings. The summed E-state index contributed by atoms with van der Waals surface area (Å²) in [5.41, 5.74) is 7.82. The van der Waals surface area contributed by atoms with Crippen molar-refractivity contribution in [3.05, 3.63) is 59.4 Å². The van der Waals surface area contributed by atoms with Gasteiger partial charge >= 0.3 is 0 Å². The highest BCUT2D eigenvalue weighted by Gasteiger charge is 2.51. The van der Waals surface area contributed by atoms with Crippen LogP contribution in [0, 0.1) is 12.7 Å². The molecular weight excluding hydrogens is 267 g/mol. The third kappa shape index (κ3) is 2.37. The molecule has 1 fully saturated rings. The van der Waals surface area contributed by atoms with E-state index in [9.17, 15) is 9.18 Å². The van der Waals surface area contributed by atoms with Gasteiger partial charge in [-0.3, -0.25) is 4.79 Å². The normalized spacial score (nSPS) is 15.5. The fraction of sp³-hybridized carbons (Fsp3) is 0.235. The van der Waals surface area contributed by atoms with Gasteiger partial charge in [0.15, 0.2) is 0 Å². The first kappa shape index (κ1) is 13.6. The van der Waals surface area contributed by atoms with Gasteiger partial charge in [-0.15, -0.1) is 0 Å². The van der Waals surface area contributed by atoms with Crippen molar-refractivity contribution in [2.75, 3.05) is 11.1 Å². The molecule has 0 aromatic heterocycles. The summed E-state index contributed by atoms with van der Waals surface area (Å²) in [5, 5.41) is 2.86. The molecular formula is C17H17FN2O. The molecule has 2 aromatic carbocycles. The van der Waals surface area contributed by atoms with E-state index in [0.717, 1.165) is 18.4 Å². The minimum atomic E-state index is -0.494. The van der Waals surface area contributed by atoms with Crippen LogP contribution in [-0.2, 0) is 10.2 Å². The summed E-state index contributed by atoms with van der Waals surface area (Å²) in [6.07, 6.45) is 1.61. The van der Waals surface area contributed by atoms with Gasteiger partial charge in [-0.1, -0.05) is 18.2 Å². The summed E-state index contributed by atoms with van der Waals surface area (Å²) in [6.45, 7) is 1.66. The Hall–Kier alpha value is -2.36. The van der Waals surface area contributed by atoms with Crippen LogP contribution in [0.4, 0.5) is 15.8 Å². The minimum Gasteiger partial charge on any atom is -0.399 e. The first-order chi connectivity index (χ1) is 10.0. The molecule has 0 spiro atoms. The van der Waals surface area contributed by atoms with Crippen LogP contribution in [0.1, 0.15) is 24.0 Å². The van der Waals surface area contributed by atoms with Crippen LogP contribution < -0.4 is 11.1 Å². The van der Waals surface area contributed by atoms with Gasteiger partial charge in [0.1, 0.15) is 5.82 Å². The van der Waals surface area contributed by atoms with E-state index in [1.165, 1.54) is 6.07 Å². The molecule has 0 aliphatic heterocycles. The van der Waals surface area contributed by atoms with Crippen LogP contribution in [0.2, 0.25) is 0 Å². The molecule has 0 atom stereocenters. The third-order valence-corrected chi connectivity index (χ3v) is 4.16. The molecule has 3 N–H and O–H groups in total. The second-order valence-corrected chi connectivity index (χ2v) is 5.57. The summed E-state index contributed by atoms with van der Waals surface area (Å²) in [5.74, 6) is -0.397. The van der Waals surface area contributed by atoms with Gasteiger partial charge in [-0.05, 0) is 49.6 Å². The number of nitrogens with one attached hydrogen (secondary N) is 1. The number of carbonyl (C=O) groups is 1. The maximum absolute atomic E-state index is 13.5. The average molecular weight is 284 g/mol. The fourth-order valence-electron chi connectivity index (χ4n) is 2.56. The predicted molar refractivity (Wildman–Crippen MR) is 81.5 cm³/mol. The summed E-state index contributed by atoms with van der Waals surface area (Å²) >= 11 is 0. The first-order valence-electron chi connectivity index (χ1n) is 6.95. The summed E-state index contributed by atoms with van der Waals surface area (Å²) in [6, 6.07) is 12.1. The number of halogens is 1. The SMILES string of the molecule is Cc1c(F)cccc1NC(=O)C1(c2ccc(N)cc2)CC1. The van der Waals surface area contributed by atoms with Gasteiger partial charge < -0.3 is 11.1 Å². The van der Waals surface area contributed by atoms with Gasteiger partial charge in [0.05, 0.1) is 5.41 Å². The average Bonchev–Trinajstić information content (AvgIpc) is 3.26. The third-order valence-electron chi connectivity index (χ3n) is 4.16. The largest absolute Gasteiger partial charge is 0.399 e. The van der Waals surface area contributed by atoms with Crippen molar-refractivity contribution in [3.63, 3.8) is 0 Å². The van der Waals surface area contributed by atoms with E-state index < -0.39 is 5.41 Å². The lowest BCUT2D eigenvalue weighted by Gasteiger charge is -2.17. The minimum absolute atomic E-state index is 0.0824. The van der Waals surface area contributed by atoms with Crippen LogP contribution >= 0.6 is 0 Å². The molecule has 21 heavy (non-hydrogen) atoms. The number of benzene rings is 2. The highest BCUT2D eigenvalue weighted by molar-refractivity contribution is 6.01. The van der Waals surface area contributed by atoms with Gasteiger partial charge in [0, 0.05) is 16.9 Å². The molecule has 3 nitrogen and oxygen atoms in total. The zero-order valence-corrected chi connectivity index (χ0v) is 11.8. The lowest BCUT2D eigenvalue weighted by Crippen LogP contribution is -2.28. The van der Waals surface area contributed by atoms with E-state index in [2.05, 4.69) is 5.32 Å². The Labute approximate surface area is 123 Å². The van der Waals surface area contributed by atoms with Gasteiger partial charge in [0.25, 0.3) is 0 Å². The molecule has 1 amide bonds. The molecule has 3 rings (SSSR count). The Morgan fingerprint density at radius 1 is 1.19 bits per heavy atom. The number of nitrogen functional groups attached to an aromatic ring is 1. The molecule has 1 aliphatic rings. The monoisotopic (exact) mass is 284 g/mol. The highest BCUT2D eigenvalue weighted by atomic mass is 19.1. The van der Waals surface area contributed by atoms with E-state index in [4.69, 9.17) is 5.73 Å². The zero-order chi connectivity index (χ0) is 15.0. The second kappa shape index (κ2) is 4.88. The predicted octanol–water partition coefficient (Wildman–Crippen LogP) is 3.39. The number of nitrogens with two attached hydrogens (primary N) is 1. The number of carbonyl (C=O) groups excluding carboxylic acids is 1. The molecule has 0 saturated heterocycles. The zero-order valence-electron chi connectivity index (χ0n) is 11.8. The van der Waals surface area contributed by atoms with Crippen LogP contribution in [-0.4, -0.2) is 5.91 Å². The molecule has 4 heteroatoms. The summed E-state index contributed by atoms with van der Waals surface area (Å²) in [4.78, 5) is 12.6. The maximum Gasteiger partial charge on any atom is 0.235 e. The number of amides is 1. The summed E-state index contributed by atoms with van der Waals surface area (Å²) in [7, 11) is 0. The van der Waals surface area contributed by atoms with Crippen molar-refractivity contribution >= 4 is 17.3 Å². The van der Waals surface area contributed by atoms with Crippen molar-refractivity contribution in [3.8, 4) is 0 Å². The number of anilines is 2. The molecule has 1 aliphatic carbocycles. The van der Waals surface area contributed by atoms with Crippen molar-refractivity contribution in [1.29, 1.82) is 0 Å². The molecule has 0 heterocycles. The number of hydrogen-bond acceptors (Lipinski definition) is 2. The quantitative estimate of drug-likeness (QED) is 0.849. The van der Waals surface area contributed by atoms with Crippen molar-refractivity contribution in [2.24, 2.45) is 0 Å². The van der Waals surface area contributed by atoms with Gasteiger partial charge in [0.2, 0.25) is 5.91 Å². The Kier molecular flexibility index (Phi) is 3.16. The molecule has 0 radical (unpaired) electrons. The Morgan fingerprint density at radius 3 is 2.48 bits per heavy atom. The Bertz CT molecular complexity index is 690. The second-order valence-electron chi connectivity index (χ2n) is 5.57. The fourth-order valence-corrected chi connectivity index (χ4v) is 2.56. The van der Waals surface area contributed by atoms with Crippen molar-refractivity contribution < 1.29 is 9.18 Å². The number of hydrogen-bond donors (Lipinski definition) is 2. The molecule has 0 unspecified atom stereocenters. The van der Waals surface area contributed by atoms with Crippen LogP contribution in [0.25, 0.3) is 0 Å². The number of rotatable bonds is 3. The Morgan fingerprint density at radius 2 is 1.86 bits per heavy atom. The van der Waals surface area contributed by atoms with E-state index in [0.29, 0.717) is 16.9 Å². The standard InChI is InChI=1S/C17H17FN2O/c1-11-14(18)3-2-4-15(11)20-16(21)17(9-10-17)12-5-7-13(19)8-6-12/h2-8H,9-10,19H2,1H3,(H,20,21). The lowest BCUT2D eigenvalue weighted by molar-refractivity contribution is -0.118. The first-order valence-corrected chi connectivity index (χ1v) is 6.95. The molecule has 108 valence electrons. The van der Waals surface area contributed by atoms with Gasteiger partial charge in [-0.2, -0.15) is 0 Å². The van der Waals surface area contributed by atoms with E-state index >= 15 is 0 Å². The van der Waals surface area contributed by atoms with E-state index in [-0.39, 0.29) is 11.7 Å². The van der Waals surface area contributed by atoms with E-state index in [1.807, 2.05) is 12.1 Å². The van der Waals surface area contributed by atoms with Crippen LogP contribution in [0.3, 0.4) is 0 Å². The molecule has 0 bridgehead atoms. The topological polar surface area (TPSA) is 55.1 Å². The van der Waals surface area contributed by atoms with Crippen molar-refractivity contribution in [2.45, 2.75) is 25.2 Å². The highest BCUT2D eigenvalue weighted by Crippen LogP contribution is 2.49. The van der Waals surface area contributed by atoms with E-state index in [1.54, 1.807) is 31.2 Å². The smallest absolute Gasteiger partial charge is 0.235 e. The van der Waals surface area contributed by atoms with Gasteiger partial charge in [-0.25, -0.2) is 4.39 Å². The Balaban J connectivity index is 1.85. The van der Waals surface area contributed by atoms with Crippen LogP contribution in [0.5, 0.6) is 0 Å². The maximum atomic E-state index is 13.5.